The summed E-state index contributed by atoms with van der Waals surface area (Å²) in [6.45, 7) is 0.941. The van der Waals surface area contributed by atoms with Crippen LogP contribution in [0.2, 0.25) is 0 Å². The zero-order valence-electron chi connectivity index (χ0n) is 23.8. The van der Waals surface area contributed by atoms with E-state index in [1.807, 2.05) is 91.0 Å². The van der Waals surface area contributed by atoms with Gasteiger partial charge in [-0.15, -0.1) is 0 Å². The molecule has 1 aliphatic heterocycles. The Morgan fingerprint density at radius 3 is 1.95 bits per heavy atom. The van der Waals surface area contributed by atoms with Crippen LogP contribution in [0.4, 0.5) is 0 Å². The summed E-state index contributed by atoms with van der Waals surface area (Å²) in [5.41, 5.74) is 0.749. The van der Waals surface area contributed by atoms with Gasteiger partial charge < -0.3 is 23.9 Å². The van der Waals surface area contributed by atoms with Crippen molar-refractivity contribution < 1.29 is 18.9 Å². The molecule has 2 N–H and O–H groups in total. The third kappa shape index (κ3) is 6.25. The molecule has 4 aromatic carbocycles. The van der Waals surface area contributed by atoms with Gasteiger partial charge in [0.1, 0.15) is 24.4 Å². The first-order valence-electron chi connectivity index (χ1n) is 14.3. The van der Waals surface area contributed by atoms with Crippen molar-refractivity contribution in [2.45, 2.75) is 43.7 Å². The minimum absolute atomic E-state index is 0.132. The van der Waals surface area contributed by atoms with E-state index in [4.69, 9.17) is 18.9 Å². The van der Waals surface area contributed by atoms with Crippen LogP contribution in [0, 0.1) is 11.3 Å². The van der Waals surface area contributed by atoms with E-state index in [1.165, 1.54) is 0 Å². The molecule has 0 unspecified atom stereocenters. The summed E-state index contributed by atoms with van der Waals surface area (Å²) >= 11 is 0. The second kappa shape index (κ2) is 13.2. The predicted octanol–water partition coefficient (Wildman–Crippen LogP) is 4.72. The average Bonchev–Trinajstić information content (AvgIpc) is 3.37. The van der Waals surface area contributed by atoms with Crippen molar-refractivity contribution in [2.75, 3.05) is 6.61 Å². The van der Waals surface area contributed by atoms with E-state index in [9.17, 15) is 14.9 Å². The number of benzene rings is 4. The molecule has 1 fully saturated rings. The Kier molecular flexibility index (Phi) is 8.77. The summed E-state index contributed by atoms with van der Waals surface area (Å²) in [6.07, 6.45) is -2.28. The van der Waals surface area contributed by atoms with E-state index in [0.717, 1.165) is 16.7 Å². The number of aromatic amines is 2. The van der Waals surface area contributed by atoms with E-state index in [0.29, 0.717) is 12.2 Å². The number of hydrogen-bond acceptors (Lipinski definition) is 7. The highest BCUT2D eigenvalue weighted by atomic mass is 16.6. The largest absolute Gasteiger partial charge is 0.374 e. The third-order valence-corrected chi connectivity index (χ3v) is 7.69. The average molecular weight is 590 g/mol. The topological polar surface area (TPSA) is 126 Å². The molecule has 222 valence electrons. The van der Waals surface area contributed by atoms with Crippen LogP contribution >= 0.6 is 0 Å². The number of nitrogens with one attached hydrogen (secondary N) is 2. The molecule has 0 bridgehead atoms. The number of nitrogens with zero attached hydrogens (tertiary/aromatic N) is 1. The van der Waals surface area contributed by atoms with E-state index in [1.54, 1.807) is 18.2 Å². The highest BCUT2D eigenvalue weighted by Crippen LogP contribution is 2.44. The fourth-order valence-electron chi connectivity index (χ4n) is 5.52. The van der Waals surface area contributed by atoms with Crippen molar-refractivity contribution in [1.82, 2.24) is 9.97 Å². The molecule has 0 spiro atoms. The Morgan fingerprint density at radius 1 is 0.750 bits per heavy atom. The Bertz CT molecular complexity index is 1850. The van der Waals surface area contributed by atoms with Crippen LogP contribution in [0.15, 0.2) is 119 Å². The number of ether oxygens (including phenoxy) is 4. The maximum absolute atomic E-state index is 12.4. The third-order valence-electron chi connectivity index (χ3n) is 7.69. The highest BCUT2D eigenvalue weighted by molar-refractivity contribution is 5.78. The second-order valence-corrected chi connectivity index (χ2v) is 10.7. The summed E-state index contributed by atoms with van der Waals surface area (Å²) in [5.74, 6) is 0. The number of aromatic nitrogens is 2. The highest BCUT2D eigenvalue weighted by Gasteiger charge is 2.58. The van der Waals surface area contributed by atoms with Crippen molar-refractivity contribution in [1.29, 1.82) is 5.26 Å². The molecule has 6 rings (SSSR count). The van der Waals surface area contributed by atoms with Gasteiger partial charge in [0.15, 0.2) is 0 Å². The minimum Gasteiger partial charge on any atom is -0.374 e. The van der Waals surface area contributed by atoms with Crippen LogP contribution < -0.4 is 11.2 Å². The lowest BCUT2D eigenvalue weighted by molar-refractivity contribution is -0.0952. The normalized spacial score (nSPS) is 21.3. The van der Waals surface area contributed by atoms with Crippen molar-refractivity contribution in [3.05, 3.63) is 152 Å². The zero-order chi connectivity index (χ0) is 30.4. The van der Waals surface area contributed by atoms with Crippen LogP contribution in [-0.4, -0.2) is 34.9 Å². The summed E-state index contributed by atoms with van der Waals surface area (Å²) in [5, 5.41) is 11.1. The lowest BCUT2D eigenvalue weighted by Gasteiger charge is -2.30. The van der Waals surface area contributed by atoms with Gasteiger partial charge in [0.05, 0.1) is 37.3 Å². The summed E-state index contributed by atoms with van der Waals surface area (Å²) in [6, 6.07) is 36.3. The van der Waals surface area contributed by atoms with Crippen LogP contribution in [0.1, 0.15) is 22.3 Å². The Labute approximate surface area is 253 Å². The van der Waals surface area contributed by atoms with E-state index < -0.39 is 35.2 Å². The molecule has 2 heterocycles. The molecule has 4 atom stereocenters. The molecule has 5 aromatic rings. The Balaban J connectivity index is 1.38. The SMILES string of the molecule is N#C[C@@]1(c2ccc3c(=O)[nH]c(=O)[nH]c3c2)O[C@H](COCc2ccccc2)[C@@H](OCc2ccccc2)[C@H]1OCc1ccccc1. The smallest absolute Gasteiger partial charge is 0.326 e. The number of nitriles is 1. The standard InChI is InChI=1S/C35H31N3O6/c36-23-35(27-16-17-28-29(18-27)37-34(40)38-33(28)39)32(43-21-26-14-8-3-9-15-26)31(42-20-25-12-6-2-7-13-25)30(44-35)22-41-19-24-10-4-1-5-11-24/h1-18,30-32H,19-22H2,(H2,37,38,39,40)/t30-,31-,32-,35+/m1/s1. The van der Waals surface area contributed by atoms with Gasteiger partial charge in [0.25, 0.3) is 5.56 Å². The minimum atomic E-state index is -1.65. The zero-order valence-corrected chi connectivity index (χ0v) is 23.8. The van der Waals surface area contributed by atoms with Gasteiger partial charge in [0, 0.05) is 5.56 Å². The molecule has 0 amide bonds. The van der Waals surface area contributed by atoms with Crippen molar-refractivity contribution in [2.24, 2.45) is 0 Å². The lowest BCUT2D eigenvalue weighted by Crippen LogP contribution is -2.43. The molecular weight excluding hydrogens is 558 g/mol. The van der Waals surface area contributed by atoms with Gasteiger partial charge >= 0.3 is 5.69 Å². The van der Waals surface area contributed by atoms with E-state index in [-0.39, 0.29) is 30.7 Å². The van der Waals surface area contributed by atoms with Crippen LogP contribution in [-0.2, 0) is 44.4 Å². The quantitative estimate of drug-likeness (QED) is 0.228. The molecule has 1 aliphatic rings. The molecular formula is C35H31N3O6. The monoisotopic (exact) mass is 589 g/mol. The molecule has 0 saturated carbocycles. The second-order valence-electron chi connectivity index (χ2n) is 10.7. The Morgan fingerprint density at radius 2 is 1.34 bits per heavy atom. The van der Waals surface area contributed by atoms with Crippen LogP contribution in [0.5, 0.6) is 0 Å². The molecule has 1 saturated heterocycles. The van der Waals surface area contributed by atoms with Gasteiger partial charge in [-0.25, -0.2) is 4.79 Å². The summed E-state index contributed by atoms with van der Waals surface area (Å²) in [7, 11) is 0. The first-order valence-corrected chi connectivity index (χ1v) is 14.3. The Hall–Kier alpha value is -4.85. The first-order chi connectivity index (χ1) is 21.6. The van der Waals surface area contributed by atoms with Gasteiger partial charge in [-0.05, 0) is 28.8 Å². The summed E-state index contributed by atoms with van der Waals surface area (Å²) < 4.78 is 25.8. The molecule has 9 heteroatoms. The fourth-order valence-corrected chi connectivity index (χ4v) is 5.52. The van der Waals surface area contributed by atoms with Crippen molar-refractivity contribution in [3.63, 3.8) is 0 Å². The lowest BCUT2D eigenvalue weighted by atomic mass is 9.87. The summed E-state index contributed by atoms with van der Waals surface area (Å²) in [4.78, 5) is 29.4. The van der Waals surface area contributed by atoms with Gasteiger partial charge in [-0.2, -0.15) is 5.26 Å². The molecule has 0 radical (unpaired) electrons. The fraction of sp³-hybridized carbons (Fsp3) is 0.229. The molecule has 0 aliphatic carbocycles. The van der Waals surface area contributed by atoms with Gasteiger partial charge in [-0.3, -0.25) is 9.78 Å². The van der Waals surface area contributed by atoms with E-state index in [2.05, 4.69) is 16.0 Å². The van der Waals surface area contributed by atoms with Crippen LogP contribution in [0.3, 0.4) is 0 Å². The maximum Gasteiger partial charge on any atom is 0.326 e. The van der Waals surface area contributed by atoms with E-state index >= 15 is 0 Å². The van der Waals surface area contributed by atoms with Gasteiger partial charge in [0.2, 0.25) is 5.60 Å². The van der Waals surface area contributed by atoms with Gasteiger partial charge in [-0.1, -0.05) is 97.1 Å². The predicted molar refractivity (Wildman–Crippen MR) is 163 cm³/mol. The van der Waals surface area contributed by atoms with Crippen molar-refractivity contribution >= 4 is 10.9 Å². The first kappa shape index (κ1) is 29.2. The molecule has 44 heavy (non-hydrogen) atoms. The number of rotatable bonds is 11. The van der Waals surface area contributed by atoms with Crippen molar-refractivity contribution in [3.8, 4) is 6.07 Å². The molecule has 9 nitrogen and oxygen atoms in total. The van der Waals surface area contributed by atoms with Crippen LogP contribution in [0.25, 0.3) is 10.9 Å². The molecule has 1 aromatic heterocycles. The number of hydrogen-bond donors (Lipinski definition) is 2. The number of fused-ring (bicyclic) bond motifs is 1. The number of H-pyrrole nitrogens is 2. The maximum atomic E-state index is 12.4.